The van der Waals surface area contributed by atoms with Crippen LogP contribution in [0.15, 0.2) is 0 Å². The Morgan fingerprint density at radius 3 is 2.62 bits per heavy atom. The second kappa shape index (κ2) is 3.62. The number of rotatable bonds is 2. The first kappa shape index (κ1) is 7.64. The highest BCUT2D eigenvalue weighted by atomic mass is 79.9. The van der Waals surface area contributed by atoms with Crippen LogP contribution in [0.25, 0.3) is 0 Å². The molecule has 0 saturated heterocycles. The third-order valence-corrected chi connectivity index (χ3v) is 1.76. The number of nitrogens with zero attached hydrogens (tertiary/aromatic N) is 1. The van der Waals surface area contributed by atoms with Gasteiger partial charge in [0.1, 0.15) is 6.07 Å². The fourth-order valence-corrected chi connectivity index (χ4v) is 0.474. The van der Waals surface area contributed by atoms with E-state index < -0.39 is 0 Å². The molecule has 3 heteroatoms. The summed E-state index contributed by atoms with van der Waals surface area (Å²) in [7, 11) is 0. The maximum Gasteiger partial charge on any atom is 0.235 e. The molecule has 0 aromatic heterocycles. The maximum absolute atomic E-state index is 10.4. The van der Waals surface area contributed by atoms with Crippen molar-refractivity contribution in [2.45, 2.75) is 6.92 Å². The van der Waals surface area contributed by atoms with Crippen molar-refractivity contribution in [3.8, 4) is 6.07 Å². The molecule has 0 heterocycles. The molecule has 0 aliphatic heterocycles. The lowest BCUT2D eigenvalue weighted by Crippen LogP contribution is -2.08. The van der Waals surface area contributed by atoms with Gasteiger partial charge in [0, 0.05) is 11.2 Å². The molecule has 0 saturated carbocycles. The number of halogens is 1. The molecular formula is C5H6BrNO. The van der Waals surface area contributed by atoms with Crippen LogP contribution in [-0.4, -0.2) is 11.1 Å². The van der Waals surface area contributed by atoms with Crippen molar-refractivity contribution in [1.29, 1.82) is 5.26 Å². The second-order valence-corrected chi connectivity index (χ2v) is 2.18. The Morgan fingerprint density at radius 1 is 2.00 bits per heavy atom. The molecule has 8 heavy (non-hydrogen) atoms. The van der Waals surface area contributed by atoms with E-state index >= 15 is 0 Å². The number of Topliss-reactive ketones (excluding diaryl/α,β-unsaturated/α-hetero) is 1. The predicted octanol–water partition coefficient (Wildman–Crippen LogP) is 1.11. The number of hydrogen-bond acceptors (Lipinski definition) is 2. The molecule has 0 bridgehead atoms. The van der Waals surface area contributed by atoms with E-state index in [0.29, 0.717) is 5.33 Å². The zero-order valence-corrected chi connectivity index (χ0v) is 6.10. The number of ketones is 1. The Balaban J connectivity index is 3.68. The smallest absolute Gasteiger partial charge is 0.235 e. The van der Waals surface area contributed by atoms with Crippen LogP contribution in [-0.2, 0) is 4.79 Å². The first-order valence-electron chi connectivity index (χ1n) is 2.22. The molecule has 0 aliphatic carbocycles. The lowest BCUT2D eigenvalue weighted by Gasteiger charge is -1.94. The van der Waals surface area contributed by atoms with Crippen LogP contribution in [0.3, 0.4) is 0 Å². The SMILES string of the molecule is CC(CBr)C(=O)C#N. The summed E-state index contributed by atoms with van der Waals surface area (Å²) in [5.41, 5.74) is 0. The lowest BCUT2D eigenvalue weighted by atomic mass is 10.1. The number of carbonyl (C=O) groups excluding carboxylic acids is 1. The summed E-state index contributed by atoms with van der Waals surface area (Å²) >= 11 is 3.08. The fourth-order valence-electron chi connectivity index (χ4n) is 0.180. The van der Waals surface area contributed by atoms with E-state index in [0.717, 1.165) is 0 Å². The molecule has 0 amide bonds. The molecule has 0 rings (SSSR count). The van der Waals surface area contributed by atoms with Gasteiger partial charge in [-0.2, -0.15) is 5.26 Å². The summed E-state index contributed by atoms with van der Waals surface area (Å²) in [6, 6.07) is 1.55. The highest BCUT2D eigenvalue weighted by molar-refractivity contribution is 9.09. The predicted molar refractivity (Wildman–Crippen MR) is 33.6 cm³/mol. The first-order valence-corrected chi connectivity index (χ1v) is 3.34. The van der Waals surface area contributed by atoms with Crippen molar-refractivity contribution >= 4 is 21.7 Å². The van der Waals surface area contributed by atoms with Crippen molar-refractivity contribution in [3.63, 3.8) is 0 Å². The Labute approximate surface area is 56.6 Å². The molecule has 0 aromatic carbocycles. The van der Waals surface area contributed by atoms with Gasteiger partial charge in [-0.25, -0.2) is 0 Å². The van der Waals surface area contributed by atoms with E-state index in [1.165, 1.54) is 0 Å². The molecule has 2 nitrogen and oxygen atoms in total. The number of carbonyl (C=O) groups is 1. The molecule has 0 aromatic rings. The summed E-state index contributed by atoms with van der Waals surface area (Å²) in [6.07, 6.45) is 0. The summed E-state index contributed by atoms with van der Waals surface area (Å²) in [4.78, 5) is 10.4. The highest BCUT2D eigenvalue weighted by Gasteiger charge is 2.08. The minimum atomic E-state index is -0.359. The summed E-state index contributed by atoms with van der Waals surface area (Å²) in [6.45, 7) is 1.71. The zero-order chi connectivity index (χ0) is 6.57. The number of alkyl halides is 1. The van der Waals surface area contributed by atoms with Crippen molar-refractivity contribution in [2.75, 3.05) is 5.33 Å². The largest absolute Gasteiger partial charge is 0.282 e. The van der Waals surface area contributed by atoms with Gasteiger partial charge >= 0.3 is 0 Å². The fraction of sp³-hybridized carbons (Fsp3) is 0.600. The number of hydrogen-bond donors (Lipinski definition) is 0. The quantitative estimate of drug-likeness (QED) is 0.467. The summed E-state index contributed by atoms with van der Waals surface area (Å²) < 4.78 is 0. The molecule has 0 N–H and O–H groups in total. The van der Waals surface area contributed by atoms with Gasteiger partial charge in [-0.15, -0.1) is 0 Å². The van der Waals surface area contributed by atoms with Crippen LogP contribution in [0, 0.1) is 17.2 Å². The molecular weight excluding hydrogens is 170 g/mol. The highest BCUT2D eigenvalue weighted by Crippen LogP contribution is 1.99. The average Bonchev–Trinajstić information content (AvgIpc) is 1.84. The van der Waals surface area contributed by atoms with E-state index in [4.69, 9.17) is 5.26 Å². The van der Waals surface area contributed by atoms with Crippen LogP contribution >= 0.6 is 15.9 Å². The molecule has 0 spiro atoms. The third kappa shape index (κ3) is 2.08. The van der Waals surface area contributed by atoms with Gasteiger partial charge in [-0.1, -0.05) is 22.9 Å². The minimum Gasteiger partial charge on any atom is -0.282 e. The van der Waals surface area contributed by atoms with Crippen LogP contribution < -0.4 is 0 Å². The molecule has 0 fully saturated rings. The van der Waals surface area contributed by atoms with Crippen LogP contribution in [0.4, 0.5) is 0 Å². The Hall–Kier alpha value is -0.360. The van der Waals surface area contributed by atoms with Crippen LogP contribution in [0.5, 0.6) is 0 Å². The standard InChI is InChI=1S/C5H6BrNO/c1-4(2-6)5(8)3-7/h4H,2H2,1H3. The average molecular weight is 176 g/mol. The maximum atomic E-state index is 10.4. The Bertz CT molecular complexity index is 127. The van der Waals surface area contributed by atoms with E-state index in [1.54, 1.807) is 13.0 Å². The van der Waals surface area contributed by atoms with Crippen molar-refractivity contribution in [3.05, 3.63) is 0 Å². The van der Waals surface area contributed by atoms with Crippen molar-refractivity contribution in [2.24, 2.45) is 5.92 Å². The van der Waals surface area contributed by atoms with Crippen LogP contribution in [0.2, 0.25) is 0 Å². The topological polar surface area (TPSA) is 40.9 Å². The lowest BCUT2D eigenvalue weighted by molar-refractivity contribution is -0.116. The minimum absolute atomic E-state index is 0.167. The molecule has 0 aliphatic rings. The number of nitriles is 1. The molecule has 1 unspecified atom stereocenters. The molecule has 0 radical (unpaired) electrons. The second-order valence-electron chi connectivity index (χ2n) is 1.53. The Kier molecular flexibility index (Phi) is 3.46. The van der Waals surface area contributed by atoms with Crippen molar-refractivity contribution in [1.82, 2.24) is 0 Å². The van der Waals surface area contributed by atoms with Gasteiger partial charge in [0.2, 0.25) is 5.78 Å². The molecule has 1 atom stereocenters. The van der Waals surface area contributed by atoms with Crippen LogP contribution in [0.1, 0.15) is 6.92 Å². The normalized spacial score (nSPS) is 12.1. The summed E-state index contributed by atoms with van der Waals surface area (Å²) in [5.74, 6) is -0.526. The van der Waals surface area contributed by atoms with E-state index in [9.17, 15) is 4.79 Å². The van der Waals surface area contributed by atoms with Gasteiger partial charge in [-0.05, 0) is 0 Å². The Morgan fingerprint density at radius 2 is 2.50 bits per heavy atom. The zero-order valence-electron chi connectivity index (χ0n) is 4.52. The van der Waals surface area contributed by atoms with E-state index in [2.05, 4.69) is 15.9 Å². The van der Waals surface area contributed by atoms with E-state index in [-0.39, 0.29) is 11.7 Å². The monoisotopic (exact) mass is 175 g/mol. The van der Waals surface area contributed by atoms with Gasteiger partial charge in [0.25, 0.3) is 0 Å². The molecule has 44 valence electrons. The van der Waals surface area contributed by atoms with Crippen molar-refractivity contribution < 1.29 is 4.79 Å². The summed E-state index contributed by atoms with van der Waals surface area (Å²) in [5, 5.41) is 8.58. The van der Waals surface area contributed by atoms with E-state index in [1.807, 2.05) is 0 Å². The van der Waals surface area contributed by atoms with Gasteiger partial charge in [0.15, 0.2) is 0 Å². The third-order valence-electron chi connectivity index (χ3n) is 0.789. The van der Waals surface area contributed by atoms with Gasteiger partial charge in [-0.3, -0.25) is 4.79 Å². The first-order chi connectivity index (χ1) is 3.72. The van der Waals surface area contributed by atoms with Gasteiger partial charge in [0.05, 0.1) is 0 Å². The van der Waals surface area contributed by atoms with Gasteiger partial charge < -0.3 is 0 Å².